The molecule has 2 aliphatic heterocycles. The quantitative estimate of drug-likeness (QED) is 0.670. The molecule has 11 heteroatoms. The Kier molecular flexibility index (Phi) is 4.76. The lowest BCUT2D eigenvalue weighted by Crippen LogP contribution is -2.76. The van der Waals surface area contributed by atoms with E-state index in [4.69, 9.17) is 18.9 Å². The lowest BCUT2D eigenvalue weighted by molar-refractivity contribution is -0.332. The topological polar surface area (TPSA) is 115 Å². The van der Waals surface area contributed by atoms with E-state index in [1.165, 1.54) is 34.1 Å². The molecule has 2 heterocycles. The van der Waals surface area contributed by atoms with Crippen LogP contribution in [-0.2, 0) is 25.3 Å². The normalized spacial score (nSPS) is 32.1. The molecule has 4 unspecified atom stereocenters. The van der Waals surface area contributed by atoms with Crippen molar-refractivity contribution >= 4 is 15.8 Å². The SMILES string of the molecule is COC1(C)Oc2ccccc2C(OC)(N2c3ccc(F)cc3OC2S(=O)(=O)O)C1(C)O. The number of hydrogen-bond donors (Lipinski definition) is 2. The van der Waals surface area contributed by atoms with Gasteiger partial charge in [0.1, 0.15) is 17.3 Å². The molecular formula is C20H22FNO8S. The third-order valence-electron chi connectivity index (χ3n) is 6.00. The molecule has 4 rings (SSSR count). The molecular weight excluding hydrogens is 433 g/mol. The second-order valence-corrected chi connectivity index (χ2v) is 9.02. The maximum Gasteiger partial charge on any atom is 0.324 e. The average Bonchev–Trinajstić information content (AvgIpc) is 3.08. The number of nitrogens with zero attached hydrogens (tertiary/aromatic N) is 1. The zero-order valence-corrected chi connectivity index (χ0v) is 18.0. The van der Waals surface area contributed by atoms with Crippen LogP contribution >= 0.6 is 0 Å². The molecule has 0 saturated carbocycles. The summed E-state index contributed by atoms with van der Waals surface area (Å²) in [6.07, 6.45) is 0. The lowest BCUT2D eigenvalue weighted by Gasteiger charge is -2.58. The lowest BCUT2D eigenvalue weighted by atomic mass is 9.75. The van der Waals surface area contributed by atoms with Crippen molar-refractivity contribution in [1.29, 1.82) is 0 Å². The molecule has 4 atom stereocenters. The fourth-order valence-corrected chi connectivity index (χ4v) is 5.05. The van der Waals surface area contributed by atoms with Crippen LogP contribution in [0.15, 0.2) is 42.5 Å². The summed E-state index contributed by atoms with van der Waals surface area (Å²) in [5.41, 5.74) is -5.85. The van der Waals surface area contributed by atoms with Crippen LogP contribution in [-0.4, -0.2) is 49.2 Å². The number of ether oxygens (including phenoxy) is 4. The van der Waals surface area contributed by atoms with Crippen molar-refractivity contribution in [1.82, 2.24) is 0 Å². The monoisotopic (exact) mass is 455 g/mol. The summed E-state index contributed by atoms with van der Waals surface area (Å²) in [6.45, 7) is 2.81. The van der Waals surface area contributed by atoms with Crippen LogP contribution in [0, 0.1) is 5.82 Å². The molecule has 0 aliphatic carbocycles. The number of methoxy groups -OCH3 is 2. The van der Waals surface area contributed by atoms with Gasteiger partial charge in [-0.2, -0.15) is 8.42 Å². The van der Waals surface area contributed by atoms with E-state index in [0.717, 1.165) is 17.0 Å². The first kappa shape index (κ1) is 21.8. The summed E-state index contributed by atoms with van der Waals surface area (Å²) in [5, 5.41) is 11.9. The van der Waals surface area contributed by atoms with Crippen molar-refractivity contribution in [2.24, 2.45) is 0 Å². The van der Waals surface area contributed by atoms with E-state index >= 15 is 0 Å². The Morgan fingerprint density at radius 2 is 1.77 bits per heavy atom. The molecule has 168 valence electrons. The molecule has 0 bridgehead atoms. The van der Waals surface area contributed by atoms with Crippen LogP contribution in [0.25, 0.3) is 0 Å². The molecule has 2 N–H and O–H groups in total. The van der Waals surface area contributed by atoms with Crippen LogP contribution in [0.2, 0.25) is 0 Å². The Hall–Kier alpha value is -2.44. The molecule has 2 aromatic carbocycles. The van der Waals surface area contributed by atoms with Gasteiger partial charge in [0.25, 0.3) is 0 Å². The minimum atomic E-state index is -4.92. The van der Waals surface area contributed by atoms with Gasteiger partial charge in [-0.3, -0.25) is 9.45 Å². The molecule has 0 spiro atoms. The number of halogens is 1. The molecule has 0 saturated heterocycles. The highest BCUT2D eigenvalue weighted by atomic mass is 32.2. The maximum absolute atomic E-state index is 13.9. The van der Waals surface area contributed by atoms with Gasteiger partial charge in [-0.1, -0.05) is 18.2 Å². The number of fused-ring (bicyclic) bond motifs is 2. The van der Waals surface area contributed by atoms with Crippen molar-refractivity contribution in [3.05, 3.63) is 53.8 Å². The van der Waals surface area contributed by atoms with Crippen molar-refractivity contribution in [3.63, 3.8) is 0 Å². The van der Waals surface area contributed by atoms with E-state index in [9.17, 15) is 22.5 Å². The van der Waals surface area contributed by atoms with Crippen molar-refractivity contribution in [3.8, 4) is 11.5 Å². The first-order chi connectivity index (χ1) is 14.4. The summed E-state index contributed by atoms with van der Waals surface area (Å²) in [6, 6.07) is 9.85. The Labute approximate surface area is 178 Å². The fourth-order valence-electron chi connectivity index (χ4n) is 4.29. The zero-order valence-electron chi connectivity index (χ0n) is 17.2. The summed E-state index contributed by atoms with van der Waals surface area (Å²) in [7, 11) is -2.35. The predicted molar refractivity (Wildman–Crippen MR) is 107 cm³/mol. The second-order valence-electron chi connectivity index (χ2n) is 7.59. The summed E-state index contributed by atoms with van der Waals surface area (Å²) in [5.74, 6) is -2.32. The molecule has 0 radical (unpaired) electrons. The van der Waals surface area contributed by atoms with E-state index < -0.39 is 38.6 Å². The molecule has 0 amide bonds. The van der Waals surface area contributed by atoms with Crippen LogP contribution < -0.4 is 14.4 Å². The first-order valence-electron chi connectivity index (χ1n) is 9.26. The van der Waals surface area contributed by atoms with Crippen LogP contribution in [0.4, 0.5) is 10.1 Å². The van der Waals surface area contributed by atoms with Gasteiger partial charge in [-0.05, 0) is 25.1 Å². The van der Waals surface area contributed by atoms with E-state index in [1.807, 2.05) is 0 Å². The number of benzene rings is 2. The maximum atomic E-state index is 13.9. The van der Waals surface area contributed by atoms with Gasteiger partial charge in [0.2, 0.25) is 11.5 Å². The smallest absolute Gasteiger partial charge is 0.324 e. The van der Waals surface area contributed by atoms with Crippen LogP contribution in [0.1, 0.15) is 19.4 Å². The van der Waals surface area contributed by atoms with E-state index in [0.29, 0.717) is 0 Å². The van der Waals surface area contributed by atoms with Gasteiger partial charge in [-0.25, -0.2) is 4.39 Å². The molecule has 0 aromatic heterocycles. The minimum Gasteiger partial charge on any atom is -0.459 e. The Morgan fingerprint density at radius 1 is 1.10 bits per heavy atom. The summed E-state index contributed by atoms with van der Waals surface area (Å²) in [4.78, 5) is 1.05. The van der Waals surface area contributed by atoms with Gasteiger partial charge in [0.05, 0.1) is 5.69 Å². The number of hydrogen-bond acceptors (Lipinski definition) is 8. The number of anilines is 1. The van der Waals surface area contributed by atoms with Crippen molar-refractivity contribution in [2.45, 2.75) is 36.5 Å². The summed E-state index contributed by atoms with van der Waals surface area (Å²) < 4.78 is 71.3. The molecule has 9 nitrogen and oxygen atoms in total. The molecule has 2 aliphatic rings. The standard InChI is InChI=1S/C20H22FNO8S/c1-18(23)19(2,27-3)30-15-8-6-5-7-13(15)20(18,28-4)22-14-10-9-12(21)11-16(14)29-17(22)31(24,25)26/h5-11,17,23H,1-4H3,(H,24,25,26). The largest absolute Gasteiger partial charge is 0.459 e. The molecule has 31 heavy (non-hydrogen) atoms. The van der Waals surface area contributed by atoms with Gasteiger partial charge in [0, 0.05) is 32.8 Å². The third-order valence-corrected chi connectivity index (χ3v) is 6.82. The summed E-state index contributed by atoms with van der Waals surface area (Å²) >= 11 is 0. The Bertz CT molecular complexity index is 1140. The first-order valence-corrected chi connectivity index (χ1v) is 10.8. The van der Waals surface area contributed by atoms with Crippen molar-refractivity contribution in [2.75, 3.05) is 19.1 Å². The Balaban J connectivity index is 2.11. The van der Waals surface area contributed by atoms with E-state index in [2.05, 4.69) is 0 Å². The zero-order chi connectivity index (χ0) is 22.8. The van der Waals surface area contributed by atoms with Gasteiger partial charge in [-0.15, -0.1) is 0 Å². The minimum absolute atomic E-state index is 0.0707. The van der Waals surface area contributed by atoms with E-state index in [-0.39, 0.29) is 22.7 Å². The van der Waals surface area contributed by atoms with Crippen LogP contribution in [0.3, 0.4) is 0 Å². The van der Waals surface area contributed by atoms with Crippen molar-refractivity contribution < 1.29 is 41.4 Å². The van der Waals surface area contributed by atoms with Gasteiger partial charge < -0.3 is 24.1 Å². The molecule has 2 aromatic rings. The number of rotatable bonds is 4. The highest BCUT2D eigenvalue weighted by molar-refractivity contribution is 7.86. The third kappa shape index (κ3) is 2.77. The van der Waals surface area contributed by atoms with Gasteiger partial charge in [0.15, 0.2) is 5.60 Å². The van der Waals surface area contributed by atoms with Crippen LogP contribution in [0.5, 0.6) is 11.5 Å². The Morgan fingerprint density at radius 3 is 2.39 bits per heavy atom. The average molecular weight is 455 g/mol. The number of aliphatic hydroxyl groups is 1. The predicted octanol–water partition coefficient (Wildman–Crippen LogP) is 2.20. The molecule has 0 fully saturated rings. The second kappa shape index (κ2) is 6.78. The van der Waals surface area contributed by atoms with E-state index in [1.54, 1.807) is 24.3 Å². The number of para-hydroxylation sites is 1. The van der Waals surface area contributed by atoms with Gasteiger partial charge >= 0.3 is 15.7 Å². The highest BCUT2D eigenvalue weighted by Gasteiger charge is 2.71. The fraction of sp³-hybridized carbons (Fsp3) is 0.400. The highest BCUT2D eigenvalue weighted by Crippen LogP contribution is 2.58.